The van der Waals surface area contributed by atoms with Crippen LogP contribution < -0.4 is 0 Å². The van der Waals surface area contributed by atoms with Gasteiger partial charge in [0.1, 0.15) is 0 Å². The van der Waals surface area contributed by atoms with Gasteiger partial charge in [0.05, 0.1) is 6.10 Å². The summed E-state index contributed by atoms with van der Waals surface area (Å²) in [6, 6.07) is 7.87. The zero-order chi connectivity index (χ0) is 12.7. The molecule has 0 amide bonds. The maximum atomic E-state index is 6.17. The van der Waals surface area contributed by atoms with E-state index in [4.69, 9.17) is 16.3 Å². The Labute approximate surface area is 118 Å². The topological polar surface area (TPSA) is 9.23 Å². The van der Waals surface area contributed by atoms with Crippen molar-refractivity contribution in [3.05, 3.63) is 34.9 Å². The van der Waals surface area contributed by atoms with Gasteiger partial charge in [0, 0.05) is 22.5 Å². The van der Waals surface area contributed by atoms with Gasteiger partial charge in [0.25, 0.3) is 0 Å². The average molecular weight is 320 g/mol. The summed E-state index contributed by atoms with van der Waals surface area (Å²) in [5.74, 6) is 0.601. The van der Waals surface area contributed by atoms with Crippen LogP contribution in [-0.4, -0.2) is 11.9 Å². The van der Waals surface area contributed by atoms with Gasteiger partial charge in [0.15, 0.2) is 0 Å². The highest BCUT2D eigenvalue weighted by Crippen LogP contribution is 2.27. The Morgan fingerprint density at radius 1 is 1.35 bits per heavy atom. The molecule has 1 aromatic carbocycles. The van der Waals surface area contributed by atoms with Gasteiger partial charge in [-0.05, 0) is 18.4 Å². The van der Waals surface area contributed by atoms with Crippen LogP contribution in [-0.2, 0) is 4.74 Å². The summed E-state index contributed by atoms with van der Waals surface area (Å²) in [6.07, 6.45) is 2.45. The highest BCUT2D eigenvalue weighted by atomic mass is 79.9. The van der Waals surface area contributed by atoms with Crippen molar-refractivity contribution < 1.29 is 4.74 Å². The maximum absolute atomic E-state index is 6.17. The highest BCUT2D eigenvalue weighted by molar-refractivity contribution is 9.09. The lowest BCUT2D eigenvalue weighted by Crippen LogP contribution is -2.12. The molecule has 0 aliphatic carbocycles. The van der Waals surface area contributed by atoms with Crippen molar-refractivity contribution in [2.45, 2.75) is 32.8 Å². The molecular weight excluding hydrogens is 300 g/mol. The molecule has 17 heavy (non-hydrogen) atoms. The van der Waals surface area contributed by atoms with Crippen LogP contribution in [0.4, 0.5) is 0 Å². The van der Waals surface area contributed by atoms with Gasteiger partial charge in [-0.2, -0.15) is 0 Å². The van der Waals surface area contributed by atoms with E-state index >= 15 is 0 Å². The van der Waals surface area contributed by atoms with Crippen LogP contribution >= 0.6 is 27.5 Å². The van der Waals surface area contributed by atoms with E-state index in [1.165, 1.54) is 12.8 Å². The third kappa shape index (κ3) is 4.99. The van der Waals surface area contributed by atoms with Crippen molar-refractivity contribution in [1.82, 2.24) is 0 Å². The van der Waals surface area contributed by atoms with Crippen molar-refractivity contribution in [1.29, 1.82) is 0 Å². The molecular formula is C14H20BrClO. The molecule has 0 spiro atoms. The lowest BCUT2D eigenvalue weighted by atomic mass is 10.1. The Morgan fingerprint density at radius 2 is 2.06 bits per heavy atom. The molecule has 0 fully saturated rings. The molecule has 2 unspecified atom stereocenters. The normalized spacial score (nSPS) is 14.6. The lowest BCUT2D eigenvalue weighted by molar-refractivity contribution is 0.0449. The van der Waals surface area contributed by atoms with Crippen molar-refractivity contribution in [3.63, 3.8) is 0 Å². The smallest absolute Gasteiger partial charge is 0.0936 e. The molecule has 0 aromatic heterocycles. The summed E-state index contributed by atoms with van der Waals surface area (Å²) < 4.78 is 5.94. The van der Waals surface area contributed by atoms with Crippen LogP contribution in [0, 0.1) is 5.92 Å². The summed E-state index contributed by atoms with van der Waals surface area (Å²) in [4.78, 5) is 0. The lowest BCUT2D eigenvalue weighted by Gasteiger charge is -2.19. The molecule has 96 valence electrons. The molecule has 0 N–H and O–H groups in total. The van der Waals surface area contributed by atoms with E-state index in [2.05, 4.69) is 29.8 Å². The highest BCUT2D eigenvalue weighted by Gasteiger charge is 2.14. The predicted octanol–water partition coefficient (Wildman–Crippen LogP) is 5.23. The monoisotopic (exact) mass is 318 g/mol. The van der Waals surface area contributed by atoms with Gasteiger partial charge in [-0.25, -0.2) is 0 Å². The first-order chi connectivity index (χ1) is 8.19. The van der Waals surface area contributed by atoms with Gasteiger partial charge in [-0.3, -0.25) is 0 Å². The molecule has 0 radical (unpaired) electrons. The molecule has 0 saturated carbocycles. The number of hydrogen-bond donors (Lipinski definition) is 0. The molecule has 2 atom stereocenters. The molecule has 3 heteroatoms. The van der Waals surface area contributed by atoms with Crippen LogP contribution in [0.15, 0.2) is 24.3 Å². The maximum Gasteiger partial charge on any atom is 0.0936 e. The molecule has 1 rings (SSSR count). The first-order valence-corrected chi connectivity index (χ1v) is 7.61. The summed E-state index contributed by atoms with van der Waals surface area (Å²) in [5.41, 5.74) is 1.06. The van der Waals surface area contributed by atoms with Gasteiger partial charge in [-0.1, -0.05) is 66.0 Å². The van der Waals surface area contributed by atoms with E-state index in [1.807, 2.05) is 24.3 Å². The zero-order valence-corrected chi connectivity index (χ0v) is 12.8. The summed E-state index contributed by atoms with van der Waals surface area (Å²) >= 11 is 9.67. The Bertz CT molecular complexity index is 330. The summed E-state index contributed by atoms with van der Waals surface area (Å²) in [6.45, 7) is 5.21. The minimum atomic E-state index is 0.0445. The summed E-state index contributed by atoms with van der Waals surface area (Å²) in [5, 5.41) is 1.55. The molecule has 0 saturated heterocycles. The van der Waals surface area contributed by atoms with E-state index in [0.717, 1.165) is 22.5 Å². The van der Waals surface area contributed by atoms with Crippen LogP contribution in [0.2, 0.25) is 5.02 Å². The van der Waals surface area contributed by atoms with Gasteiger partial charge in [0.2, 0.25) is 0 Å². The van der Waals surface area contributed by atoms with Gasteiger partial charge < -0.3 is 4.74 Å². The SMILES string of the molecule is CCCC(C)COC(CBr)c1ccccc1Cl. The number of rotatable bonds is 7. The Morgan fingerprint density at radius 3 is 2.65 bits per heavy atom. The number of benzene rings is 1. The molecule has 1 aromatic rings. The quantitative estimate of drug-likeness (QED) is 0.625. The molecule has 0 aliphatic rings. The Balaban J connectivity index is 2.57. The average Bonchev–Trinajstić information content (AvgIpc) is 2.32. The fraction of sp³-hybridized carbons (Fsp3) is 0.571. The van der Waals surface area contributed by atoms with Gasteiger partial charge >= 0.3 is 0 Å². The minimum Gasteiger partial charge on any atom is -0.372 e. The largest absolute Gasteiger partial charge is 0.372 e. The third-order valence-corrected chi connectivity index (χ3v) is 3.69. The second kappa shape index (κ2) is 8.12. The predicted molar refractivity (Wildman–Crippen MR) is 78.0 cm³/mol. The van der Waals surface area contributed by atoms with E-state index in [9.17, 15) is 0 Å². The van der Waals surface area contributed by atoms with Gasteiger partial charge in [-0.15, -0.1) is 0 Å². The van der Waals surface area contributed by atoms with E-state index in [1.54, 1.807) is 0 Å². The fourth-order valence-corrected chi connectivity index (χ4v) is 2.60. The molecule has 0 bridgehead atoms. The number of ether oxygens (including phenoxy) is 1. The first-order valence-electron chi connectivity index (χ1n) is 6.11. The van der Waals surface area contributed by atoms with Crippen molar-refractivity contribution in [2.24, 2.45) is 5.92 Å². The molecule has 0 aliphatic heterocycles. The second-order valence-corrected chi connectivity index (χ2v) is 5.45. The molecule has 1 nitrogen and oxygen atoms in total. The van der Waals surface area contributed by atoms with Crippen molar-refractivity contribution in [3.8, 4) is 0 Å². The second-order valence-electron chi connectivity index (χ2n) is 4.39. The van der Waals surface area contributed by atoms with E-state index in [0.29, 0.717) is 5.92 Å². The van der Waals surface area contributed by atoms with E-state index < -0.39 is 0 Å². The van der Waals surface area contributed by atoms with Crippen molar-refractivity contribution in [2.75, 3.05) is 11.9 Å². The number of hydrogen-bond acceptors (Lipinski definition) is 1. The molecule has 0 heterocycles. The van der Waals surface area contributed by atoms with Crippen LogP contribution in [0.1, 0.15) is 38.4 Å². The van der Waals surface area contributed by atoms with Crippen LogP contribution in [0.5, 0.6) is 0 Å². The summed E-state index contributed by atoms with van der Waals surface area (Å²) in [7, 11) is 0. The standard InChI is InChI=1S/C14H20BrClO/c1-3-6-11(2)10-17-14(9-15)12-7-4-5-8-13(12)16/h4-5,7-8,11,14H,3,6,9-10H2,1-2H3. The Kier molecular flexibility index (Phi) is 7.17. The first kappa shape index (κ1) is 15.0. The minimum absolute atomic E-state index is 0.0445. The van der Waals surface area contributed by atoms with Crippen LogP contribution in [0.25, 0.3) is 0 Å². The van der Waals surface area contributed by atoms with E-state index in [-0.39, 0.29) is 6.10 Å². The zero-order valence-electron chi connectivity index (χ0n) is 10.5. The third-order valence-electron chi connectivity index (χ3n) is 2.76. The van der Waals surface area contributed by atoms with Crippen molar-refractivity contribution >= 4 is 27.5 Å². The Hall–Kier alpha value is -0.0500. The fourth-order valence-electron chi connectivity index (χ4n) is 1.81. The van der Waals surface area contributed by atoms with Crippen LogP contribution in [0.3, 0.4) is 0 Å². The number of halogens is 2. The number of alkyl halides is 1.